The first-order chi connectivity index (χ1) is 10.6. The first-order valence-corrected chi connectivity index (χ1v) is 7.98. The van der Waals surface area contributed by atoms with Crippen molar-refractivity contribution in [3.05, 3.63) is 15.6 Å². The Hall–Kier alpha value is -1.64. The summed E-state index contributed by atoms with van der Waals surface area (Å²) in [5.74, 6) is -0.823. The molecule has 1 fully saturated rings. The number of thiazole rings is 1. The summed E-state index contributed by atoms with van der Waals surface area (Å²) in [5, 5.41) is 0.724. The van der Waals surface area contributed by atoms with E-state index >= 15 is 0 Å². The van der Waals surface area contributed by atoms with Gasteiger partial charge in [0.05, 0.1) is 17.4 Å². The van der Waals surface area contributed by atoms with E-state index in [-0.39, 0.29) is 13.2 Å². The molecule has 23 heavy (non-hydrogen) atoms. The van der Waals surface area contributed by atoms with Crippen molar-refractivity contribution in [2.24, 2.45) is 5.92 Å². The van der Waals surface area contributed by atoms with Gasteiger partial charge in [0.2, 0.25) is 5.91 Å². The first-order valence-electron chi connectivity index (χ1n) is 7.17. The molecule has 1 aromatic heterocycles. The fraction of sp³-hybridized carbons (Fsp3) is 0.643. The third-order valence-electron chi connectivity index (χ3n) is 3.28. The molecule has 0 saturated carbocycles. The largest absolute Gasteiger partial charge is 0.406 e. The maximum absolute atomic E-state index is 12.6. The molecule has 1 aromatic rings. The predicted molar refractivity (Wildman–Crippen MR) is 79.1 cm³/mol. The van der Waals surface area contributed by atoms with E-state index in [0.29, 0.717) is 27.8 Å². The second kappa shape index (κ2) is 6.46. The lowest BCUT2D eigenvalue weighted by Gasteiger charge is -2.19. The molecule has 9 heteroatoms. The number of rotatable bonds is 4. The molecule has 0 N–H and O–H groups in total. The molecule has 5 nitrogen and oxygen atoms in total. The summed E-state index contributed by atoms with van der Waals surface area (Å²) in [7, 11) is 0. The lowest BCUT2D eigenvalue weighted by Crippen LogP contribution is -2.37. The van der Waals surface area contributed by atoms with Crippen LogP contribution in [0.15, 0.2) is 0 Å². The standard InChI is InChI=1S/C14H18F3N3O2S/c1-8(2)4-10-12(23-9(3)18-10)13(22)19-5-11(21)20(7-19)6-14(15,16)17/h8H,4-7H2,1-3H3. The molecule has 0 unspecified atom stereocenters. The molecule has 128 valence electrons. The number of carbonyl (C=O) groups is 2. The summed E-state index contributed by atoms with van der Waals surface area (Å²) in [6.07, 6.45) is -3.86. The van der Waals surface area contributed by atoms with Crippen LogP contribution in [0, 0.1) is 12.8 Å². The molecule has 0 bridgehead atoms. The minimum absolute atomic E-state index is 0.296. The molecule has 2 heterocycles. The van der Waals surface area contributed by atoms with E-state index in [2.05, 4.69) is 4.98 Å². The van der Waals surface area contributed by atoms with Crippen molar-refractivity contribution in [1.82, 2.24) is 14.8 Å². The van der Waals surface area contributed by atoms with E-state index in [1.807, 2.05) is 13.8 Å². The number of amides is 2. The molecule has 1 saturated heterocycles. The number of halogens is 3. The normalized spacial score (nSPS) is 15.9. The highest BCUT2D eigenvalue weighted by atomic mass is 32.1. The van der Waals surface area contributed by atoms with Gasteiger partial charge in [0.25, 0.3) is 5.91 Å². The van der Waals surface area contributed by atoms with Crippen molar-refractivity contribution >= 4 is 23.2 Å². The Kier molecular flexibility index (Phi) is 4.98. The van der Waals surface area contributed by atoms with Gasteiger partial charge in [-0.2, -0.15) is 13.2 Å². The van der Waals surface area contributed by atoms with Gasteiger partial charge >= 0.3 is 6.18 Å². The fourth-order valence-corrected chi connectivity index (χ4v) is 3.31. The highest BCUT2D eigenvalue weighted by molar-refractivity contribution is 7.13. The number of aryl methyl sites for hydroxylation is 1. The van der Waals surface area contributed by atoms with Gasteiger partial charge in [-0.15, -0.1) is 11.3 Å². The molecule has 0 aromatic carbocycles. The monoisotopic (exact) mass is 349 g/mol. The number of carbonyl (C=O) groups excluding carboxylic acids is 2. The van der Waals surface area contributed by atoms with Crippen LogP contribution in [0.4, 0.5) is 13.2 Å². The smallest absolute Gasteiger partial charge is 0.314 e. The van der Waals surface area contributed by atoms with Crippen molar-refractivity contribution in [3.63, 3.8) is 0 Å². The topological polar surface area (TPSA) is 53.5 Å². The molecule has 1 aliphatic rings. The number of aromatic nitrogens is 1. The van der Waals surface area contributed by atoms with Crippen LogP contribution in [0.2, 0.25) is 0 Å². The average Bonchev–Trinajstić information content (AvgIpc) is 2.90. The quantitative estimate of drug-likeness (QED) is 0.839. The summed E-state index contributed by atoms with van der Waals surface area (Å²) in [6.45, 7) is 3.76. The first kappa shape index (κ1) is 17.7. The van der Waals surface area contributed by atoms with Crippen molar-refractivity contribution in [3.8, 4) is 0 Å². The molecule has 0 atom stereocenters. The van der Waals surface area contributed by atoms with Crippen molar-refractivity contribution in [2.45, 2.75) is 33.4 Å². The molecular formula is C14H18F3N3O2S. The maximum atomic E-state index is 12.6. The third kappa shape index (κ3) is 4.43. The van der Waals surface area contributed by atoms with Gasteiger partial charge < -0.3 is 9.80 Å². The lowest BCUT2D eigenvalue weighted by molar-refractivity contribution is -0.157. The Balaban J connectivity index is 2.14. The fourth-order valence-electron chi connectivity index (χ4n) is 2.39. The Morgan fingerprint density at radius 1 is 1.39 bits per heavy atom. The predicted octanol–water partition coefficient (Wildman–Crippen LogP) is 2.45. The van der Waals surface area contributed by atoms with Crippen LogP contribution in [0.25, 0.3) is 0 Å². The number of hydrogen-bond donors (Lipinski definition) is 0. The van der Waals surface area contributed by atoms with Crippen LogP contribution in [-0.4, -0.2) is 52.5 Å². The Labute approximate surface area is 136 Å². The number of hydrogen-bond acceptors (Lipinski definition) is 4. The van der Waals surface area contributed by atoms with E-state index in [1.165, 1.54) is 11.3 Å². The van der Waals surface area contributed by atoms with Crippen molar-refractivity contribution in [1.29, 1.82) is 0 Å². The minimum Gasteiger partial charge on any atom is -0.314 e. The van der Waals surface area contributed by atoms with Crippen LogP contribution >= 0.6 is 11.3 Å². The third-order valence-corrected chi connectivity index (χ3v) is 4.28. The van der Waals surface area contributed by atoms with Gasteiger partial charge in [-0.05, 0) is 19.3 Å². The second-order valence-electron chi connectivity index (χ2n) is 5.96. The summed E-state index contributed by atoms with van der Waals surface area (Å²) >= 11 is 1.21. The van der Waals surface area contributed by atoms with Gasteiger partial charge in [-0.25, -0.2) is 4.98 Å². The van der Waals surface area contributed by atoms with Crippen molar-refractivity contribution < 1.29 is 22.8 Å². The maximum Gasteiger partial charge on any atom is 0.406 e. The molecule has 2 amide bonds. The van der Waals surface area contributed by atoms with Crippen molar-refractivity contribution in [2.75, 3.05) is 19.8 Å². The molecule has 0 radical (unpaired) electrons. The summed E-state index contributed by atoms with van der Waals surface area (Å²) < 4.78 is 37.3. The van der Waals surface area contributed by atoms with Gasteiger partial charge in [0.15, 0.2) is 0 Å². The molecule has 0 aliphatic carbocycles. The summed E-state index contributed by atoms with van der Waals surface area (Å²) in [4.78, 5) is 30.8. The van der Waals surface area contributed by atoms with Gasteiger partial charge in [-0.3, -0.25) is 9.59 Å². The van der Waals surface area contributed by atoms with Crippen LogP contribution in [0.1, 0.15) is 34.2 Å². The lowest BCUT2D eigenvalue weighted by atomic mass is 10.1. The molecular weight excluding hydrogens is 331 g/mol. The van der Waals surface area contributed by atoms with Crippen LogP contribution in [0.3, 0.4) is 0 Å². The number of nitrogens with zero attached hydrogens (tertiary/aromatic N) is 3. The molecule has 1 aliphatic heterocycles. The Morgan fingerprint density at radius 2 is 2.04 bits per heavy atom. The van der Waals surface area contributed by atoms with E-state index < -0.39 is 24.5 Å². The van der Waals surface area contributed by atoms with Crippen LogP contribution in [-0.2, 0) is 11.2 Å². The van der Waals surface area contributed by atoms with E-state index in [1.54, 1.807) is 6.92 Å². The molecule has 2 rings (SSSR count). The van der Waals surface area contributed by atoms with Gasteiger partial charge in [0, 0.05) is 0 Å². The zero-order valence-corrected chi connectivity index (χ0v) is 13.9. The van der Waals surface area contributed by atoms with Crippen LogP contribution < -0.4 is 0 Å². The van der Waals surface area contributed by atoms with E-state index in [4.69, 9.17) is 0 Å². The second-order valence-corrected chi connectivity index (χ2v) is 7.16. The summed E-state index contributed by atoms with van der Waals surface area (Å²) in [5.41, 5.74) is 0.647. The highest BCUT2D eigenvalue weighted by Crippen LogP contribution is 2.25. The Bertz CT molecular complexity index is 613. The van der Waals surface area contributed by atoms with Gasteiger partial charge in [0.1, 0.15) is 18.0 Å². The van der Waals surface area contributed by atoms with Gasteiger partial charge in [-0.1, -0.05) is 13.8 Å². The Morgan fingerprint density at radius 3 is 2.61 bits per heavy atom. The SMILES string of the molecule is Cc1nc(CC(C)C)c(C(=O)N2CC(=O)N(CC(F)(F)F)C2)s1. The molecule has 0 spiro atoms. The number of alkyl halides is 3. The van der Waals surface area contributed by atoms with E-state index in [9.17, 15) is 22.8 Å². The average molecular weight is 349 g/mol. The zero-order valence-electron chi connectivity index (χ0n) is 13.1. The minimum atomic E-state index is -4.47. The summed E-state index contributed by atoms with van der Waals surface area (Å²) in [6, 6.07) is 0. The zero-order chi connectivity index (χ0) is 17.4. The highest BCUT2D eigenvalue weighted by Gasteiger charge is 2.39. The van der Waals surface area contributed by atoms with E-state index in [0.717, 1.165) is 9.91 Å². The van der Waals surface area contributed by atoms with Crippen LogP contribution in [0.5, 0.6) is 0 Å².